The quantitative estimate of drug-likeness (QED) is 0.722. The van der Waals surface area contributed by atoms with Crippen LogP contribution in [0.5, 0.6) is 11.5 Å². The summed E-state index contributed by atoms with van der Waals surface area (Å²) in [6.07, 6.45) is 0. The summed E-state index contributed by atoms with van der Waals surface area (Å²) in [4.78, 5) is 24.9. The van der Waals surface area contributed by atoms with Gasteiger partial charge in [-0.1, -0.05) is 11.6 Å². The molecule has 0 aliphatic rings. The van der Waals surface area contributed by atoms with Crippen LogP contribution in [0.1, 0.15) is 20.8 Å². The summed E-state index contributed by atoms with van der Waals surface area (Å²) in [6, 6.07) is 1.06. The number of rotatable bonds is 0. The number of hydrogen-bond acceptors (Lipinski definition) is 4. The van der Waals surface area contributed by atoms with Gasteiger partial charge in [-0.3, -0.25) is 9.59 Å². The van der Waals surface area contributed by atoms with Crippen molar-refractivity contribution in [1.29, 1.82) is 0 Å². The lowest BCUT2D eigenvalue weighted by atomic mass is 10.1. The van der Waals surface area contributed by atoms with E-state index in [0.717, 1.165) is 10.7 Å². The van der Waals surface area contributed by atoms with Crippen molar-refractivity contribution in [2.24, 2.45) is 7.05 Å². The molecule has 0 fully saturated rings. The minimum absolute atomic E-state index is 0.0247. The van der Waals surface area contributed by atoms with E-state index in [4.69, 9.17) is 11.6 Å². The number of hydrogen-bond donors (Lipinski definition) is 2. The molecule has 2 rings (SSSR count). The number of phenolic OH excluding ortho intramolecular Hbond substituents is 2. The maximum Gasteiger partial charge on any atom is 0.274 e. The third-order valence-electron chi connectivity index (χ3n) is 3.09. The van der Waals surface area contributed by atoms with Crippen molar-refractivity contribution in [3.8, 4) is 11.5 Å². The van der Waals surface area contributed by atoms with Crippen molar-refractivity contribution in [2.75, 3.05) is 0 Å². The summed E-state index contributed by atoms with van der Waals surface area (Å²) >= 11 is 5.88. The second-order valence-electron chi connectivity index (χ2n) is 5.60. The minimum Gasteiger partial charge on any atom is -0.504 e. The molecule has 0 saturated heterocycles. The zero-order valence-corrected chi connectivity index (χ0v) is 12.3. The molecule has 1 aromatic heterocycles. The van der Waals surface area contributed by atoms with Crippen LogP contribution in [0.2, 0.25) is 5.02 Å². The van der Waals surface area contributed by atoms with Gasteiger partial charge in [0.2, 0.25) is 0 Å². The molecule has 0 bridgehead atoms. The molecule has 0 aliphatic heterocycles. The van der Waals surface area contributed by atoms with E-state index in [1.54, 1.807) is 20.8 Å². The van der Waals surface area contributed by atoms with Crippen LogP contribution in [0.3, 0.4) is 0 Å². The van der Waals surface area contributed by atoms with Gasteiger partial charge in [-0.15, -0.1) is 0 Å². The molecule has 6 nitrogen and oxygen atoms in total. The smallest absolute Gasteiger partial charge is 0.274 e. The number of benzene rings is 1. The Bertz CT molecular complexity index is 828. The first-order valence-corrected chi connectivity index (χ1v) is 6.32. The van der Waals surface area contributed by atoms with Crippen molar-refractivity contribution >= 4 is 22.4 Å². The number of nitrogens with zero attached hydrogens (tertiary/aromatic N) is 2. The molecule has 2 N–H and O–H groups in total. The maximum absolute atomic E-state index is 12.5. The number of aromatic nitrogens is 2. The van der Waals surface area contributed by atoms with Crippen LogP contribution >= 0.6 is 11.6 Å². The van der Waals surface area contributed by atoms with Crippen LogP contribution in [0, 0.1) is 0 Å². The number of halogens is 1. The van der Waals surface area contributed by atoms with Crippen molar-refractivity contribution in [1.82, 2.24) is 9.36 Å². The standard InChI is InChI=1S/C13H15ClN2O4/c1-13(2,3)16-11(19)6-5-7(17)10(18)9(14)8(6)12(20)15(16)4/h5,17-18H,1-4H3. The van der Waals surface area contributed by atoms with Crippen molar-refractivity contribution in [3.63, 3.8) is 0 Å². The van der Waals surface area contributed by atoms with Crippen molar-refractivity contribution in [2.45, 2.75) is 26.3 Å². The summed E-state index contributed by atoms with van der Waals surface area (Å²) in [7, 11) is 1.45. The summed E-state index contributed by atoms with van der Waals surface area (Å²) in [5.74, 6) is -1.14. The van der Waals surface area contributed by atoms with Crippen LogP contribution in [-0.4, -0.2) is 19.6 Å². The molecule has 0 atom stereocenters. The van der Waals surface area contributed by atoms with E-state index in [-0.39, 0.29) is 15.8 Å². The average molecular weight is 299 g/mol. The van der Waals surface area contributed by atoms with E-state index in [9.17, 15) is 19.8 Å². The van der Waals surface area contributed by atoms with Crippen LogP contribution in [0.15, 0.2) is 15.7 Å². The second kappa shape index (κ2) is 4.28. The normalized spacial score (nSPS) is 12.1. The maximum atomic E-state index is 12.5. The molecular weight excluding hydrogens is 284 g/mol. The van der Waals surface area contributed by atoms with E-state index in [2.05, 4.69) is 0 Å². The highest BCUT2D eigenvalue weighted by molar-refractivity contribution is 6.37. The summed E-state index contributed by atoms with van der Waals surface area (Å²) in [6.45, 7) is 5.34. The largest absolute Gasteiger partial charge is 0.504 e. The molecule has 0 aliphatic carbocycles. The van der Waals surface area contributed by atoms with Gasteiger partial charge in [0.15, 0.2) is 11.5 Å². The fourth-order valence-corrected chi connectivity index (χ4v) is 2.54. The molecule has 7 heteroatoms. The fourth-order valence-electron chi connectivity index (χ4n) is 2.26. The van der Waals surface area contributed by atoms with Gasteiger partial charge < -0.3 is 10.2 Å². The van der Waals surface area contributed by atoms with Crippen LogP contribution < -0.4 is 11.1 Å². The Morgan fingerprint density at radius 2 is 1.70 bits per heavy atom. The van der Waals surface area contributed by atoms with E-state index in [0.29, 0.717) is 0 Å². The predicted octanol–water partition coefficient (Wildman–Crippen LogP) is 1.52. The van der Waals surface area contributed by atoms with Gasteiger partial charge >= 0.3 is 0 Å². The molecule has 0 spiro atoms. The Hall–Kier alpha value is -1.95. The molecule has 20 heavy (non-hydrogen) atoms. The number of aromatic hydroxyl groups is 2. The molecular formula is C13H15ClN2O4. The van der Waals surface area contributed by atoms with Crippen LogP contribution in [0.4, 0.5) is 0 Å². The van der Waals surface area contributed by atoms with E-state index in [1.807, 2.05) is 0 Å². The molecule has 1 aromatic carbocycles. The number of fused-ring (bicyclic) bond motifs is 1. The molecule has 0 amide bonds. The molecule has 0 radical (unpaired) electrons. The van der Waals surface area contributed by atoms with Gasteiger partial charge in [0.1, 0.15) is 0 Å². The molecule has 0 unspecified atom stereocenters. The topological polar surface area (TPSA) is 84.5 Å². The summed E-state index contributed by atoms with van der Waals surface area (Å²) in [5.41, 5.74) is -1.61. The Morgan fingerprint density at radius 1 is 1.15 bits per heavy atom. The van der Waals surface area contributed by atoms with Crippen LogP contribution in [0.25, 0.3) is 10.8 Å². The van der Waals surface area contributed by atoms with Gasteiger partial charge in [-0.05, 0) is 26.8 Å². The highest BCUT2D eigenvalue weighted by Gasteiger charge is 2.24. The average Bonchev–Trinajstić information content (AvgIpc) is 2.31. The zero-order valence-electron chi connectivity index (χ0n) is 11.6. The highest BCUT2D eigenvalue weighted by atomic mass is 35.5. The van der Waals surface area contributed by atoms with Crippen molar-refractivity contribution in [3.05, 3.63) is 31.8 Å². The molecule has 2 aromatic rings. The third kappa shape index (κ3) is 1.87. The minimum atomic E-state index is -0.626. The lowest BCUT2D eigenvalue weighted by Gasteiger charge is -2.26. The second-order valence-corrected chi connectivity index (χ2v) is 5.98. The van der Waals surface area contributed by atoms with E-state index in [1.165, 1.54) is 11.7 Å². The summed E-state index contributed by atoms with van der Waals surface area (Å²) in [5, 5.41) is 18.7. The Balaban J connectivity index is 3.19. The Morgan fingerprint density at radius 3 is 2.20 bits per heavy atom. The first-order chi connectivity index (χ1) is 9.07. The highest BCUT2D eigenvalue weighted by Crippen LogP contribution is 2.37. The molecule has 1 heterocycles. The van der Waals surface area contributed by atoms with Gasteiger partial charge in [0, 0.05) is 7.05 Å². The van der Waals surface area contributed by atoms with E-state index < -0.39 is 28.2 Å². The predicted molar refractivity (Wildman–Crippen MR) is 76.8 cm³/mol. The SMILES string of the molecule is Cn1c(=O)c2c(Cl)c(O)c(O)cc2c(=O)n1C(C)(C)C. The van der Waals surface area contributed by atoms with Gasteiger partial charge in [0.25, 0.3) is 11.1 Å². The molecule has 0 saturated carbocycles. The number of phenols is 2. The van der Waals surface area contributed by atoms with E-state index >= 15 is 0 Å². The molecule has 108 valence electrons. The summed E-state index contributed by atoms with van der Waals surface area (Å²) < 4.78 is 2.44. The fraction of sp³-hybridized carbons (Fsp3) is 0.385. The van der Waals surface area contributed by atoms with Gasteiger partial charge in [-0.25, -0.2) is 9.36 Å². The first-order valence-electron chi connectivity index (χ1n) is 5.94. The first kappa shape index (κ1) is 14.5. The van der Waals surface area contributed by atoms with Crippen molar-refractivity contribution < 1.29 is 10.2 Å². The Kier molecular flexibility index (Phi) is 3.09. The zero-order chi connectivity index (χ0) is 15.4. The van der Waals surface area contributed by atoms with Gasteiger partial charge in [-0.2, -0.15) is 0 Å². The lowest BCUT2D eigenvalue weighted by molar-refractivity contribution is 0.290. The lowest BCUT2D eigenvalue weighted by Crippen LogP contribution is -2.45. The third-order valence-corrected chi connectivity index (χ3v) is 3.45. The monoisotopic (exact) mass is 298 g/mol. The van der Waals surface area contributed by atoms with Crippen LogP contribution in [-0.2, 0) is 12.6 Å². The van der Waals surface area contributed by atoms with Gasteiger partial charge in [0.05, 0.1) is 21.3 Å². The Labute approximate surface area is 119 Å².